The topological polar surface area (TPSA) is 82.1 Å². The molecule has 2 amide bonds. The van der Waals surface area contributed by atoms with Gasteiger partial charge in [0.15, 0.2) is 5.78 Å². The fourth-order valence-corrected chi connectivity index (χ4v) is 3.78. The number of amides is 2. The molecule has 2 heterocycles. The number of nitrogens with zero attached hydrogens (tertiary/aromatic N) is 3. The molecule has 2 aromatic carbocycles. The van der Waals surface area contributed by atoms with Gasteiger partial charge in [-0.05, 0) is 43.2 Å². The zero-order chi connectivity index (χ0) is 21.1. The molecule has 0 aliphatic carbocycles. The van der Waals surface area contributed by atoms with Crippen molar-refractivity contribution in [1.29, 1.82) is 0 Å². The van der Waals surface area contributed by atoms with Gasteiger partial charge in [0.2, 0.25) is 5.91 Å². The Morgan fingerprint density at radius 1 is 1.07 bits per heavy atom. The van der Waals surface area contributed by atoms with Crippen LogP contribution in [-0.2, 0) is 20.9 Å². The van der Waals surface area contributed by atoms with Crippen molar-refractivity contribution in [2.45, 2.75) is 38.8 Å². The molecular formula is C23H24N4O3. The third-order valence-electron chi connectivity index (χ3n) is 5.44. The summed E-state index contributed by atoms with van der Waals surface area (Å²) in [5, 5.41) is 8.93. The van der Waals surface area contributed by atoms with Crippen LogP contribution in [0, 0.1) is 0 Å². The van der Waals surface area contributed by atoms with Gasteiger partial charge in [-0.25, -0.2) is 0 Å². The van der Waals surface area contributed by atoms with Crippen molar-refractivity contribution in [3.05, 3.63) is 60.2 Å². The van der Waals surface area contributed by atoms with E-state index in [2.05, 4.69) is 10.4 Å². The van der Waals surface area contributed by atoms with Crippen molar-refractivity contribution < 1.29 is 14.4 Å². The molecule has 2 aliphatic heterocycles. The van der Waals surface area contributed by atoms with Gasteiger partial charge in [0.1, 0.15) is 11.8 Å². The van der Waals surface area contributed by atoms with Crippen molar-refractivity contribution in [1.82, 2.24) is 5.32 Å². The van der Waals surface area contributed by atoms with Crippen LogP contribution in [0.3, 0.4) is 0 Å². The summed E-state index contributed by atoms with van der Waals surface area (Å²) in [6.45, 7) is 2.62. The number of hydrogen-bond acceptors (Lipinski definition) is 5. The number of ketones is 1. The maximum atomic E-state index is 12.6. The summed E-state index contributed by atoms with van der Waals surface area (Å²) in [6.07, 6.45) is 1.77. The van der Waals surface area contributed by atoms with Crippen LogP contribution < -0.4 is 15.2 Å². The third kappa shape index (κ3) is 4.10. The lowest BCUT2D eigenvalue weighted by Gasteiger charge is -2.20. The normalized spacial score (nSPS) is 18.5. The molecule has 1 fully saturated rings. The minimum Gasteiger partial charge on any atom is -0.347 e. The number of para-hydroxylation sites is 1. The van der Waals surface area contributed by atoms with E-state index in [1.54, 1.807) is 9.91 Å². The smallest absolute Gasteiger partial charge is 0.267 e. The van der Waals surface area contributed by atoms with E-state index in [1.165, 1.54) is 6.92 Å². The molecule has 4 rings (SSSR count). The second kappa shape index (κ2) is 8.49. The Bertz CT molecular complexity index is 985. The van der Waals surface area contributed by atoms with Gasteiger partial charge < -0.3 is 10.2 Å². The molecule has 7 nitrogen and oxygen atoms in total. The molecule has 2 aliphatic rings. The predicted octanol–water partition coefficient (Wildman–Crippen LogP) is 2.65. The molecule has 1 N–H and O–H groups in total. The van der Waals surface area contributed by atoms with Crippen molar-refractivity contribution in [2.24, 2.45) is 5.10 Å². The zero-order valence-corrected chi connectivity index (χ0v) is 16.9. The largest absolute Gasteiger partial charge is 0.347 e. The van der Waals surface area contributed by atoms with Crippen LogP contribution in [0.15, 0.2) is 59.7 Å². The monoisotopic (exact) mass is 404 g/mol. The van der Waals surface area contributed by atoms with Crippen LogP contribution in [0.5, 0.6) is 0 Å². The lowest BCUT2D eigenvalue weighted by atomic mass is 10.1. The molecule has 0 spiro atoms. The molecule has 30 heavy (non-hydrogen) atoms. The first kappa shape index (κ1) is 19.8. The summed E-state index contributed by atoms with van der Waals surface area (Å²) in [7, 11) is 0. The van der Waals surface area contributed by atoms with E-state index >= 15 is 0 Å². The molecule has 1 saturated heterocycles. The Kier molecular flexibility index (Phi) is 5.61. The summed E-state index contributed by atoms with van der Waals surface area (Å²) < 4.78 is 0. The molecule has 7 heteroatoms. The number of carbonyl (C=O) groups is 3. The second-order valence-corrected chi connectivity index (χ2v) is 7.56. The van der Waals surface area contributed by atoms with E-state index in [1.807, 2.05) is 54.6 Å². The first-order valence-corrected chi connectivity index (χ1v) is 10.1. The summed E-state index contributed by atoms with van der Waals surface area (Å²) in [6, 6.07) is 16.5. The van der Waals surface area contributed by atoms with E-state index in [4.69, 9.17) is 0 Å². The van der Waals surface area contributed by atoms with Crippen LogP contribution >= 0.6 is 0 Å². The highest BCUT2D eigenvalue weighted by Gasteiger charge is 2.34. The van der Waals surface area contributed by atoms with Crippen LogP contribution in [-0.4, -0.2) is 35.9 Å². The van der Waals surface area contributed by atoms with Gasteiger partial charge in [0.25, 0.3) is 5.91 Å². The van der Waals surface area contributed by atoms with Crippen LogP contribution in [0.1, 0.15) is 31.7 Å². The zero-order valence-electron chi connectivity index (χ0n) is 16.9. The summed E-state index contributed by atoms with van der Waals surface area (Å²) in [5.41, 5.74) is 2.95. The van der Waals surface area contributed by atoms with E-state index in [-0.39, 0.29) is 24.0 Å². The Balaban J connectivity index is 1.40. The highest BCUT2D eigenvalue weighted by atomic mass is 16.2. The van der Waals surface area contributed by atoms with E-state index in [9.17, 15) is 14.4 Å². The summed E-state index contributed by atoms with van der Waals surface area (Å²) in [5.74, 6) is -0.158. The van der Waals surface area contributed by atoms with Gasteiger partial charge in [0.05, 0.1) is 5.69 Å². The van der Waals surface area contributed by atoms with Crippen LogP contribution in [0.25, 0.3) is 0 Å². The molecule has 1 atom stereocenters. The number of hydrogen-bond donors (Lipinski definition) is 1. The second-order valence-electron chi connectivity index (χ2n) is 7.56. The average Bonchev–Trinajstić information content (AvgIpc) is 3.40. The van der Waals surface area contributed by atoms with Crippen molar-refractivity contribution >= 4 is 34.7 Å². The molecule has 0 bridgehead atoms. The minimum atomic E-state index is -0.467. The molecule has 1 unspecified atom stereocenters. The van der Waals surface area contributed by atoms with Gasteiger partial charge >= 0.3 is 0 Å². The van der Waals surface area contributed by atoms with Crippen molar-refractivity contribution in [3.8, 4) is 0 Å². The fraction of sp³-hybridized carbons (Fsp3) is 0.304. The molecule has 0 aromatic heterocycles. The number of carbonyl (C=O) groups excluding carboxylic acids is 3. The summed E-state index contributed by atoms with van der Waals surface area (Å²) >= 11 is 0. The van der Waals surface area contributed by atoms with Gasteiger partial charge in [-0.15, -0.1) is 0 Å². The third-order valence-corrected chi connectivity index (χ3v) is 5.44. The average molecular weight is 404 g/mol. The molecule has 154 valence electrons. The Morgan fingerprint density at radius 2 is 1.80 bits per heavy atom. The minimum absolute atomic E-state index is 0.0301. The van der Waals surface area contributed by atoms with Gasteiger partial charge in [-0.1, -0.05) is 30.3 Å². The lowest BCUT2D eigenvalue weighted by molar-refractivity contribution is -0.118. The molecule has 0 saturated carbocycles. The first-order valence-electron chi connectivity index (χ1n) is 10.1. The van der Waals surface area contributed by atoms with Crippen LogP contribution in [0.4, 0.5) is 11.4 Å². The van der Waals surface area contributed by atoms with Crippen molar-refractivity contribution in [2.75, 3.05) is 16.5 Å². The predicted molar refractivity (Wildman–Crippen MR) is 115 cm³/mol. The highest BCUT2D eigenvalue weighted by Crippen LogP contribution is 2.25. The molecule has 0 radical (unpaired) electrons. The number of benzene rings is 2. The maximum Gasteiger partial charge on any atom is 0.267 e. The number of nitrogens with one attached hydrogen (secondary N) is 1. The SMILES string of the molecule is CC(=O)C1CC(C(=O)NCc2ccc(N3CCCC3=O)cc2)=NN1c1ccccc1. The number of anilines is 2. The van der Waals surface area contributed by atoms with Gasteiger partial charge in [0, 0.05) is 31.6 Å². The maximum absolute atomic E-state index is 12.6. The van der Waals surface area contributed by atoms with Gasteiger partial charge in [-0.3, -0.25) is 19.4 Å². The van der Waals surface area contributed by atoms with E-state index < -0.39 is 6.04 Å². The number of Topliss-reactive ketones (excluding diaryl/α,β-unsaturated/α-hetero) is 1. The lowest BCUT2D eigenvalue weighted by Crippen LogP contribution is -2.34. The number of hydrazone groups is 1. The Labute approximate surface area is 175 Å². The first-order chi connectivity index (χ1) is 14.5. The fourth-order valence-electron chi connectivity index (χ4n) is 3.78. The van der Waals surface area contributed by atoms with E-state index in [0.717, 1.165) is 29.9 Å². The number of rotatable bonds is 6. The van der Waals surface area contributed by atoms with Crippen LogP contribution in [0.2, 0.25) is 0 Å². The van der Waals surface area contributed by atoms with Gasteiger partial charge in [-0.2, -0.15) is 5.10 Å². The Morgan fingerprint density at radius 3 is 2.43 bits per heavy atom. The molecular weight excluding hydrogens is 380 g/mol. The standard InChI is InChI=1S/C23H24N4O3/c1-16(28)21-14-20(25-27(21)19-6-3-2-4-7-19)23(30)24-15-17-9-11-18(12-10-17)26-13-5-8-22(26)29/h2-4,6-7,9-12,21H,5,8,13-15H2,1H3,(H,24,30). The van der Waals surface area contributed by atoms with E-state index in [0.29, 0.717) is 18.7 Å². The summed E-state index contributed by atoms with van der Waals surface area (Å²) in [4.78, 5) is 38.4. The molecule has 2 aromatic rings. The Hall–Kier alpha value is -3.48. The van der Waals surface area contributed by atoms with Crippen molar-refractivity contribution in [3.63, 3.8) is 0 Å². The quantitative estimate of drug-likeness (QED) is 0.803. The highest BCUT2D eigenvalue weighted by molar-refractivity contribution is 6.40.